The van der Waals surface area contributed by atoms with Crippen molar-refractivity contribution in [1.29, 1.82) is 0 Å². The predicted octanol–water partition coefficient (Wildman–Crippen LogP) is 11.7. The molecule has 2 aliphatic carbocycles. The fraction of sp³-hybridized carbons (Fsp3) is 0.360. The highest BCUT2D eigenvalue weighted by atomic mass is 32.1. The molecule has 6 aromatic rings. The SMILES string of the molecule is Cc1cc2c3c(c1C)C1CCCCC1N3c1cc3c(c4c1B2c1sc2ccc(C(C)(C)C)cc2c1N4c1ccc(C(C)(C)C)cc1)CCc1ccccc1-3. The highest BCUT2D eigenvalue weighted by Crippen LogP contribution is 2.57. The Labute approximate surface area is 326 Å². The Morgan fingerprint density at radius 3 is 2.24 bits per heavy atom. The van der Waals surface area contributed by atoms with Crippen molar-refractivity contribution in [2.45, 2.75) is 117 Å². The average Bonchev–Trinajstić information content (AvgIpc) is 3.71. The first kappa shape index (κ1) is 33.1. The van der Waals surface area contributed by atoms with E-state index < -0.39 is 0 Å². The molecule has 3 aliphatic heterocycles. The lowest BCUT2D eigenvalue weighted by molar-refractivity contribution is 0.401. The molecule has 0 bridgehead atoms. The molecule has 0 N–H and O–H groups in total. The Morgan fingerprint density at radius 2 is 1.46 bits per heavy atom. The third-order valence-electron chi connectivity index (χ3n) is 14.1. The summed E-state index contributed by atoms with van der Waals surface area (Å²) in [6, 6.07) is 32.1. The number of fused-ring (bicyclic) bond motifs is 13. The van der Waals surface area contributed by atoms with Gasteiger partial charge in [0, 0.05) is 49.6 Å². The normalized spacial score (nSPS) is 19.3. The zero-order chi connectivity index (χ0) is 37.0. The number of thiophene rings is 1. The summed E-state index contributed by atoms with van der Waals surface area (Å²) in [5.41, 5.74) is 23.8. The first-order chi connectivity index (χ1) is 25.9. The zero-order valence-electron chi connectivity index (χ0n) is 33.3. The summed E-state index contributed by atoms with van der Waals surface area (Å²) in [7, 11) is 0. The number of hydrogen-bond acceptors (Lipinski definition) is 3. The fourth-order valence-corrected chi connectivity index (χ4v) is 12.5. The summed E-state index contributed by atoms with van der Waals surface area (Å²) in [4.78, 5) is 5.67. The maximum Gasteiger partial charge on any atom is 0.264 e. The summed E-state index contributed by atoms with van der Waals surface area (Å²) < 4.78 is 2.91. The van der Waals surface area contributed by atoms with Crippen LogP contribution in [0, 0.1) is 13.8 Å². The molecule has 4 heteroatoms. The van der Waals surface area contributed by atoms with Gasteiger partial charge in [-0.25, -0.2) is 0 Å². The molecular formula is C50H51BN2S. The van der Waals surface area contributed by atoms with Crippen LogP contribution in [-0.4, -0.2) is 12.8 Å². The van der Waals surface area contributed by atoms with Crippen molar-refractivity contribution in [2.75, 3.05) is 9.80 Å². The van der Waals surface area contributed by atoms with E-state index >= 15 is 0 Å². The minimum absolute atomic E-state index is 0.0569. The standard InChI is InChI=1S/C50H51BN2S/c1-28-25-39-47-43(29(28)2)36-15-11-12-16-40(36)53(47)41-27-37-34-14-10-9-13-30(34)17-23-35(37)45-44(41)51(39)48-46(38-26-32(50(6,7)8)20-24-42(38)54-48)52(45)33-21-18-31(19-22-33)49(3,4)5/h9-10,13-14,18-22,24-27,36,40H,11-12,15-17,23H2,1-8H3. The van der Waals surface area contributed by atoms with Crippen LogP contribution in [0.1, 0.15) is 112 Å². The number of rotatable bonds is 1. The molecule has 11 rings (SSSR count). The second-order valence-electron chi connectivity index (χ2n) is 19.2. The van der Waals surface area contributed by atoms with E-state index in [2.05, 4.69) is 155 Å². The van der Waals surface area contributed by atoms with Crippen LogP contribution in [0.25, 0.3) is 21.2 Å². The lowest BCUT2D eigenvalue weighted by Crippen LogP contribution is -2.61. The Kier molecular flexibility index (Phi) is 6.84. The largest absolute Gasteiger partial charge is 0.338 e. The zero-order valence-corrected chi connectivity index (χ0v) is 34.1. The first-order valence-corrected chi connectivity index (χ1v) is 21.4. The van der Waals surface area contributed by atoms with Crippen LogP contribution in [0.2, 0.25) is 0 Å². The van der Waals surface area contributed by atoms with Gasteiger partial charge in [-0.05, 0) is 142 Å². The van der Waals surface area contributed by atoms with Crippen LogP contribution in [0.4, 0.5) is 28.4 Å². The molecule has 54 heavy (non-hydrogen) atoms. The van der Waals surface area contributed by atoms with Crippen molar-refractivity contribution in [3.05, 3.63) is 118 Å². The molecule has 0 saturated heterocycles. The van der Waals surface area contributed by atoms with Crippen molar-refractivity contribution < 1.29 is 0 Å². The summed E-state index contributed by atoms with van der Waals surface area (Å²) in [6.45, 7) is 19.1. The molecular weight excluding hydrogens is 671 g/mol. The molecule has 1 aromatic heterocycles. The molecule has 4 heterocycles. The quantitative estimate of drug-likeness (QED) is 0.156. The summed E-state index contributed by atoms with van der Waals surface area (Å²) >= 11 is 2.06. The molecule has 5 aromatic carbocycles. The van der Waals surface area contributed by atoms with Gasteiger partial charge in [-0.15, -0.1) is 11.3 Å². The molecule has 2 unspecified atom stereocenters. The van der Waals surface area contributed by atoms with Gasteiger partial charge < -0.3 is 9.80 Å². The van der Waals surface area contributed by atoms with Gasteiger partial charge in [0.15, 0.2) is 0 Å². The van der Waals surface area contributed by atoms with E-state index in [4.69, 9.17) is 0 Å². The van der Waals surface area contributed by atoms with E-state index in [0.29, 0.717) is 12.0 Å². The maximum atomic E-state index is 2.91. The van der Waals surface area contributed by atoms with Gasteiger partial charge in [0.1, 0.15) is 0 Å². The Morgan fingerprint density at radius 1 is 0.722 bits per heavy atom. The van der Waals surface area contributed by atoms with Crippen LogP contribution < -0.4 is 25.5 Å². The van der Waals surface area contributed by atoms with E-state index in [9.17, 15) is 0 Å². The molecule has 0 amide bonds. The van der Waals surface area contributed by atoms with Gasteiger partial charge in [-0.1, -0.05) is 103 Å². The first-order valence-electron chi connectivity index (χ1n) is 20.6. The van der Waals surface area contributed by atoms with Crippen molar-refractivity contribution >= 4 is 72.3 Å². The van der Waals surface area contributed by atoms with Crippen molar-refractivity contribution in [3.8, 4) is 11.1 Å². The van der Waals surface area contributed by atoms with E-state index in [0.717, 1.165) is 12.8 Å². The number of anilines is 5. The molecule has 2 atom stereocenters. The highest BCUT2D eigenvalue weighted by molar-refractivity contribution is 7.33. The van der Waals surface area contributed by atoms with E-state index in [1.807, 2.05) is 0 Å². The van der Waals surface area contributed by atoms with Crippen molar-refractivity contribution in [3.63, 3.8) is 0 Å². The summed E-state index contributed by atoms with van der Waals surface area (Å²) in [5, 5.41) is 1.40. The minimum atomic E-state index is 0.0569. The smallest absolute Gasteiger partial charge is 0.264 e. The van der Waals surface area contributed by atoms with Gasteiger partial charge in [-0.2, -0.15) is 0 Å². The van der Waals surface area contributed by atoms with Gasteiger partial charge in [0.25, 0.3) is 6.71 Å². The second kappa shape index (κ2) is 11.2. The number of hydrogen-bond donors (Lipinski definition) is 0. The van der Waals surface area contributed by atoms with Gasteiger partial charge >= 0.3 is 0 Å². The topological polar surface area (TPSA) is 6.48 Å². The summed E-state index contributed by atoms with van der Waals surface area (Å²) in [6.07, 6.45) is 7.36. The molecule has 5 aliphatic rings. The monoisotopic (exact) mass is 722 g/mol. The molecule has 2 nitrogen and oxygen atoms in total. The van der Waals surface area contributed by atoms with Crippen LogP contribution in [0.15, 0.2) is 78.9 Å². The van der Waals surface area contributed by atoms with Gasteiger partial charge in [0.05, 0.1) is 5.69 Å². The van der Waals surface area contributed by atoms with E-state index in [-0.39, 0.29) is 17.5 Å². The predicted molar refractivity (Wildman–Crippen MR) is 234 cm³/mol. The highest BCUT2D eigenvalue weighted by Gasteiger charge is 2.53. The average molecular weight is 723 g/mol. The lowest BCUT2D eigenvalue weighted by Gasteiger charge is -2.46. The maximum absolute atomic E-state index is 2.91. The van der Waals surface area contributed by atoms with Crippen molar-refractivity contribution in [2.24, 2.45) is 0 Å². The van der Waals surface area contributed by atoms with Crippen LogP contribution in [-0.2, 0) is 23.7 Å². The van der Waals surface area contributed by atoms with Gasteiger partial charge in [-0.3, -0.25) is 0 Å². The molecule has 1 saturated carbocycles. The summed E-state index contributed by atoms with van der Waals surface area (Å²) in [5.74, 6) is 0.601. The van der Waals surface area contributed by atoms with Gasteiger partial charge in [0.2, 0.25) is 0 Å². The Hall–Kier alpha value is -4.28. The van der Waals surface area contributed by atoms with E-state index in [1.54, 1.807) is 22.2 Å². The molecule has 270 valence electrons. The number of aryl methyl sites for hydroxylation is 2. The third kappa shape index (κ3) is 4.41. The van der Waals surface area contributed by atoms with E-state index in [1.165, 1.54) is 108 Å². The Bertz CT molecular complexity index is 2580. The van der Waals surface area contributed by atoms with Crippen LogP contribution in [0.5, 0.6) is 0 Å². The molecule has 1 fully saturated rings. The van der Waals surface area contributed by atoms with Crippen molar-refractivity contribution in [1.82, 2.24) is 0 Å². The minimum Gasteiger partial charge on any atom is -0.338 e. The molecule has 0 radical (unpaired) electrons. The second-order valence-corrected chi connectivity index (χ2v) is 20.3. The van der Waals surface area contributed by atoms with Crippen LogP contribution >= 0.6 is 11.3 Å². The number of nitrogens with zero attached hydrogens (tertiary/aromatic N) is 2. The third-order valence-corrected chi connectivity index (χ3v) is 15.3. The lowest BCUT2D eigenvalue weighted by atomic mass is 9.35. The fourth-order valence-electron chi connectivity index (χ4n) is 11.2. The Balaban J connectivity index is 1.31. The van der Waals surface area contributed by atoms with Crippen LogP contribution in [0.3, 0.4) is 0 Å². The number of benzene rings is 5. The molecule has 0 spiro atoms.